The van der Waals surface area contributed by atoms with Crippen LogP contribution in [0.2, 0.25) is 0 Å². The topological polar surface area (TPSA) is 105 Å². The molecule has 7 nitrogen and oxygen atoms in total. The first-order valence-electron chi connectivity index (χ1n) is 14.6. The van der Waals surface area contributed by atoms with Gasteiger partial charge in [-0.3, -0.25) is 9.59 Å². The average Bonchev–Trinajstić information content (AvgIpc) is 2.88. The van der Waals surface area contributed by atoms with Gasteiger partial charge in [-0.2, -0.15) is 0 Å². The summed E-state index contributed by atoms with van der Waals surface area (Å²) < 4.78 is 10.9. The van der Waals surface area contributed by atoms with Crippen LogP contribution in [0.5, 0.6) is 0 Å². The molecular formula is C31H55NO6. The van der Waals surface area contributed by atoms with Gasteiger partial charge < -0.3 is 25.0 Å². The van der Waals surface area contributed by atoms with Crippen LogP contribution in [0.4, 0.5) is 0 Å². The first-order chi connectivity index (χ1) is 18.0. The van der Waals surface area contributed by atoms with E-state index in [-0.39, 0.29) is 42.3 Å². The summed E-state index contributed by atoms with van der Waals surface area (Å²) in [6, 6.07) is -0.758. The molecule has 0 aromatic rings. The molecule has 6 unspecified atom stereocenters. The first kappa shape index (κ1) is 34.5. The van der Waals surface area contributed by atoms with Crippen molar-refractivity contribution in [3.63, 3.8) is 0 Å². The summed E-state index contributed by atoms with van der Waals surface area (Å²) in [5.74, 6) is -0.187. The number of amides is 1. The van der Waals surface area contributed by atoms with Crippen molar-refractivity contribution in [2.24, 2.45) is 17.3 Å². The number of Topliss-reactive ketones (excluding diaryl/α,β-unsaturated/α-hetero) is 1. The maximum absolute atomic E-state index is 13.0. The molecule has 0 heterocycles. The average molecular weight is 538 g/mol. The number of methoxy groups -OCH3 is 2. The van der Waals surface area contributed by atoms with Crippen molar-refractivity contribution in [3.8, 4) is 0 Å². The Balaban J connectivity index is 2.53. The van der Waals surface area contributed by atoms with E-state index in [0.29, 0.717) is 12.3 Å². The van der Waals surface area contributed by atoms with Crippen LogP contribution in [0, 0.1) is 17.3 Å². The molecule has 0 aromatic carbocycles. The van der Waals surface area contributed by atoms with E-state index in [1.54, 1.807) is 27.0 Å². The zero-order valence-electron chi connectivity index (χ0n) is 25.0. The van der Waals surface area contributed by atoms with E-state index in [1.165, 1.54) is 45.6 Å². The van der Waals surface area contributed by atoms with E-state index in [2.05, 4.69) is 25.2 Å². The Morgan fingerprint density at radius 3 is 2.50 bits per heavy atom. The largest absolute Gasteiger partial charge is 0.391 e. The number of allylic oxidation sites excluding steroid dienone is 1. The fraction of sp³-hybridized carbons (Fsp3) is 0.806. The monoisotopic (exact) mass is 537 g/mol. The summed E-state index contributed by atoms with van der Waals surface area (Å²) >= 11 is 0. The predicted molar refractivity (Wildman–Crippen MR) is 153 cm³/mol. The lowest BCUT2D eigenvalue weighted by atomic mass is 9.68. The van der Waals surface area contributed by atoms with Crippen LogP contribution < -0.4 is 5.32 Å². The van der Waals surface area contributed by atoms with Crippen LogP contribution in [0.15, 0.2) is 23.8 Å². The number of hydrogen-bond donors (Lipinski definition) is 3. The van der Waals surface area contributed by atoms with Crippen molar-refractivity contribution in [1.82, 2.24) is 5.32 Å². The number of hydrogen-bond acceptors (Lipinski definition) is 6. The van der Waals surface area contributed by atoms with Crippen LogP contribution in [0.3, 0.4) is 0 Å². The Morgan fingerprint density at radius 1 is 1.18 bits per heavy atom. The molecule has 0 spiro atoms. The minimum atomic E-state index is -1.22. The van der Waals surface area contributed by atoms with Crippen LogP contribution in [0.25, 0.3) is 0 Å². The molecule has 0 saturated heterocycles. The Hall–Kier alpha value is -1.54. The molecule has 3 N–H and O–H groups in total. The van der Waals surface area contributed by atoms with Crippen molar-refractivity contribution >= 4 is 11.7 Å². The van der Waals surface area contributed by atoms with E-state index < -0.39 is 23.7 Å². The quantitative estimate of drug-likeness (QED) is 0.156. The molecule has 0 bridgehead atoms. The predicted octanol–water partition coefficient (Wildman–Crippen LogP) is 5.14. The molecule has 38 heavy (non-hydrogen) atoms. The van der Waals surface area contributed by atoms with Gasteiger partial charge in [0.25, 0.3) is 0 Å². The molecule has 0 aliphatic heterocycles. The second-order valence-corrected chi connectivity index (χ2v) is 11.7. The zero-order chi connectivity index (χ0) is 28.7. The summed E-state index contributed by atoms with van der Waals surface area (Å²) in [5, 5.41) is 24.2. The third kappa shape index (κ3) is 11.3. The van der Waals surface area contributed by atoms with E-state index in [4.69, 9.17) is 9.47 Å². The molecule has 6 atom stereocenters. The number of rotatable bonds is 19. The molecule has 1 aliphatic rings. The maximum Gasteiger partial charge on any atom is 0.220 e. The van der Waals surface area contributed by atoms with Gasteiger partial charge in [0.2, 0.25) is 5.91 Å². The number of carbonyl (C=O) groups excluding carboxylic acids is 2. The van der Waals surface area contributed by atoms with E-state index >= 15 is 0 Å². The van der Waals surface area contributed by atoms with Gasteiger partial charge >= 0.3 is 0 Å². The van der Waals surface area contributed by atoms with Crippen molar-refractivity contribution in [3.05, 3.63) is 23.8 Å². The fourth-order valence-corrected chi connectivity index (χ4v) is 5.27. The van der Waals surface area contributed by atoms with Crippen molar-refractivity contribution in [2.45, 2.75) is 123 Å². The van der Waals surface area contributed by atoms with E-state index in [9.17, 15) is 19.8 Å². The second-order valence-electron chi connectivity index (χ2n) is 11.7. The maximum atomic E-state index is 13.0. The number of aliphatic hydroxyl groups is 2. The smallest absolute Gasteiger partial charge is 0.220 e. The van der Waals surface area contributed by atoms with Gasteiger partial charge in [0, 0.05) is 32.1 Å². The SMILES string of the molecule is CCCCCCCC(C)CC(CC=CCCC(=O)NC(COC)C(O)C1=CC(C)C(O)C(C)(C)C1=O)OC. The summed E-state index contributed by atoms with van der Waals surface area (Å²) in [4.78, 5) is 25.6. The van der Waals surface area contributed by atoms with Gasteiger partial charge in [-0.05, 0) is 25.2 Å². The van der Waals surface area contributed by atoms with Crippen LogP contribution in [-0.2, 0) is 19.1 Å². The summed E-state index contributed by atoms with van der Waals surface area (Å²) in [6.07, 6.45) is 14.3. The fourth-order valence-electron chi connectivity index (χ4n) is 5.27. The number of unbranched alkanes of at least 4 members (excludes halogenated alkanes) is 4. The van der Waals surface area contributed by atoms with Gasteiger partial charge in [0.1, 0.15) is 6.10 Å². The molecule has 1 aliphatic carbocycles. The van der Waals surface area contributed by atoms with Crippen LogP contribution >= 0.6 is 0 Å². The van der Waals surface area contributed by atoms with Gasteiger partial charge in [-0.15, -0.1) is 0 Å². The van der Waals surface area contributed by atoms with Crippen molar-refractivity contribution < 1.29 is 29.3 Å². The van der Waals surface area contributed by atoms with Crippen molar-refractivity contribution in [2.75, 3.05) is 20.8 Å². The molecule has 0 radical (unpaired) electrons. The molecule has 0 saturated carbocycles. The molecule has 0 fully saturated rings. The highest BCUT2D eigenvalue weighted by Gasteiger charge is 2.46. The zero-order valence-corrected chi connectivity index (χ0v) is 25.0. The lowest BCUT2D eigenvalue weighted by molar-refractivity contribution is -0.134. The van der Waals surface area contributed by atoms with Crippen LogP contribution in [0.1, 0.15) is 98.8 Å². The van der Waals surface area contributed by atoms with Gasteiger partial charge in [0.15, 0.2) is 5.78 Å². The van der Waals surface area contributed by atoms with Gasteiger partial charge in [0.05, 0.1) is 30.3 Å². The summed E-state index contributed by atoms with van der Waals surface area (Å²) in [7, 11) is 3.25. The lowest BCUT2D eigenvalue weighted by Gasteiger charge is -2.39. The number of ether oxygens (including phenoxy) is 2. The summed E-state index contributed by atoms with van der Waals surface area (Å²) in [5.41, 5.74) is -0.792. The van der Waals surface area contributed by atoms with E-state index in [1.807, 2.05) is 13.0 Å². The Kier molecular flexibility index (Phi) is 16.3. The Labute approximate surface area is 231 Å². The van der Waals surface area contributed by atoms with E-state index in [0.717, 1.165) is 12.8 Å². The highest BCUT2D eigenvalue weighted by atomic mass is 16.5. The van der Waals surface area contributed by atoms with Gasteiger partial charge in [-0.25, -0.2) is 0 Å². The first-order valence-corrected chi connectivity index (χ1v) is 14.6. The molecule has 220 valence electrons. The normalized spacial score (nSPS) is 22.7. The number of carbonyl (C=O) groups is 2. The number of ketones is 1. The number of nitrogens with one attached hydrogen (secondary N) is 1. The molecule has 1 amide bonds. The Bertz CT molecular complexity index is 761. The third-order valence-corrected chi connectivity index (χ3v) is 7.82. The molecule has 7 heteroatoms. The minimum absolute atomic E-state index is 0.0665. The molecule has 1 rings (SSSR count). The molecular weight excluding hydrogens is 482 g/mol. The second kappa shape index (κ2) is 17.9. The van der Waals surface area contributed by atoms with Crippen LogP contribution in [-0.4, -0.2) is 67.1 Å². The summed E-state index contributed by atoms with van der Waals surface area (Å²) in [6.45, 7) is 9.77. The standard InChI is InChI=1S/C31H55NO6/c1-8-9-10-11-13-16-22(2)19-24(38-7)17-14-12-15-18-27(33)32-26(21-37-6)28(34)25-20-23(3)29(35)31(4,5)30(25)36/h12,14,20,22-24,26,28-29,34-35H,8-11,13,15-19,21H2,1-7H3,(H,32,33). The van der Waals surface area contributed by atoms with Crippen molar-refractivity contribution in [1.29, 1.82) is 0 Å². The van der Waals surface area contributed by atoms with Gasteiger partial charge in [-0.1, -0.05) is 91.4 Å². The number of aliphatic hydroxyl groups excluding tert-OH is 2. The third-order valence-electron chi connectivity index (χ3n) is 7.82. The lowest BCUT2D eigenvalue weighted by Crippen LogP contribution is -2.52. The minimum Gasteiger partial charge on any atom is -0.391 e. The Morgan fingerprint density at radius 2 is 1.87 bits per heavy atom. The molecule has 0 aromatic heterocycles. The highest BCUT2D eigenvalue weighted by Crippen LogP contribution is 2.37. The highest BCUT2D eigenvalue weighted by molar-refractivity contribution is 6.01.